The van der Waals surface area contributed by atoms with Crippen molar-refractivity contribution in [3.63, 3.8) is 0 Å². The molecule has 20 heavy (non-hydrogen) atoms. The van der Waals surface area contributed by atoms with E-state index in [1.165, 1.54) is 17.7 Å². The second-order valence-corrected chi connectivity index (χ2v) is 5.80. The largest absolute Gasteiger partial charge is 0.313 e. The molecule has 100 valence electrons. The predicted octanol–water partition coefficient (Wildman–Crippen LogP) is 3.44. The van der Waals surface area contributed by atoms with Crippen molar-refractivity contribution in [2.24, 2.45) is 4.99 Å². The molecular weight excluding hydrogens is 319 g/mol. The molecule has 0 amide bonds. The summed E-state index contributed by atoms with van der Waals surface area (Å²) in [5, 5.41) is 1.34. The van der Waals surface area contributed by atoms with Gasteiger partial charge in [0.05, 0.1) is 29.1 Å². The van der Waals surface area contributed by atoms with Crippen LogP contribution in [0.3, 0.4) is 0 Å². The molecule has 1 N–H and O–H groups in total. The number of benzene rings is 1. The second-order valence-electron chi connectivity index (χ2n) is 3.81. The maximum Gasteiger partial charge on any atom is 0.258 e. The van der Waals surface area contributed by atoms with Gasteiger partial charge in [0.2, 0.25) is 0 Å². The third-order valence-corrected chi connectivity index (χ3v) is 4.18. The molecule has 0 saturated carbocycles. The van der Waals surface area contributed by atoms with Crippen LogP contribution in [0, 0.1) is 0 Å². The van der Waals surface area contributed by atoms with Gasteiger partial charge in [-0.2, -0.15) is 0 Å². The molecule has 0 fully saturated rings. The number of nitrogens with zero attached hydrogens (tertiary/aromatic N) is 3. The smallest absolute Gasteiger partial charge is 0.258 e. The predicted molar refractivity (Wildman–Crippen MR) is 81.8 cm³/mol. The van der Waals surface area contributed by atoms with Crippen molar-refractivity contribution in [2.75, 3.05) is 0 Å². The van der Waals surface area contributed by atoms with Crippen molar-refractivity contribution in [3.8, 4) is 0 Å². The Morgan fingerprint density at radius 3 is 2.95 bits per heavy atom. The van der Waals surface area contributed by atoms with E-state index in [-0.39, 0.29) is 10.7 Å². The highest BCUT2D eigenvalue weighted by Gasteiger charge is 2.05. The summed E-state index contributed by atoms with van der Waals surface area (Å²) in [7, 11) is 0. The van der Waals surface area contributed by atoms with Gasteiger partial charge in [-0.15, -0.1) is 0 Å². The van der Waals surface area contributed by atoms with Crippen LogP contribution in [-0.2, 0) is 0 Å². The lowest BCUT2D eigenvalue weighted by Crippen LogP contribution is -2.05. The Labute approximate surface area is 126 Å². The molecule has 3 rings (SSSR count). The minimum atomic E-state index is -0.201. The number of fused-ring (bicyclic) bond motifs is 1. The van der Waals surface area contributed by atoms with Gasteiger partial charge in [-0.1, -0.05) is 34.5 Å². The molecule has 0 bridgehead atoms. The number of nitrogens with one attached hydrogen (secondary N) is 1. The molecule has 1 aromatic carbocycles. The topological polar surface area (TPSA) is 71.0 Å². The summed E-state index contributed by atoms with van der Waals surface area (Å²) in [6.45, 7) is 0. The number of H-pyrrole nitrogens is 1. The molecule has 0 aliphatic rings. The monoisotopic (exact) mass is 324 g/mol. The van der Waals surface area contributed by atoms with Crippen molar-refractivity contribution >= 4 is 57.3 Å². The zero-order valence-electron chi connectivity index (χ0n) is 9.80. The van der Waals surface area contributed by atoms with E-state index in [1.807, 2.05) is 0 Å². The molecule has 8 heteroatoms. The van der Waals surface area contributed by atoms with Crippen LogP contribution in [0.25, 0.3) is 10.9 Å². The minimum Gasteiger partial charge on any atom is -0.313 e. The molecule has 5 nitrogen and oxygen atoms in total. The first-order valence-corrected chi connectivity index (χ1v) is 7.04. The summed E-state index contributed by atoms with van der Waals surface area (Å²) >= 11 is 12.8. The molecular formula is C12H6Cl2N4OS. The molecule has 2 aromatic heterocycles. The number of hydrogen-bond acceptors (Lipinski definition) is 5. The maximum atomic E-state index is 11.7. The Hall–Kier alpha value is -1.76. The van der Waals surface area contributed by atoms with Crippen molar-refractivity contribution in [1.29, 1.82) is 0 Å². The van der Waals surface area contributed by atoms with E-state index in [1.54, 1.807) is 24.4 Å². The van der Waals surface area contributed by atoms with Crippen LogP contribution in [-0.4, -0.2) is 21.2 Å². The lowest BCUT2D eigenvalue weighted by Gasteiger charge is -1.96. The highest BCUT2D eigenvalue weighted by atomic mass is 35.5. The van der Waals surface area contributed by atoms with E-state index in [0.717, 1.165) is 0 Å². The van der Waals surface area contributed by atoms with Gasteiger partial charge in [-0.05, 0) is 18.2 Å². The average Bonchev–Trinajstić information content (AvgIpc) is 2.76. The van der Waals surface area contributed by atoms with Gasteiger partial charge < -0.3 is 4.98 Å². The van der Waals surface area contributed by atoms with Crippen LogP contribution < -0.4 is 5.56 Å². The first-order chi connectivity index (χ1) is 9.63. The normalized spacial score (nSPS) is 11.5. The van der Waals surface area contributed by atoms with Gasteiger partial charge >= 0.3 is 0 Å². The summed E-state index contributed by atoms with van der Waals surface area (Å²) < 4.78 is 0.423. The summed E-state index contributed by atoms with van der Waals surface area (Å²) in [6, 6.07) is 5.16. The Morgan fingerprint density at radius 2 is 2.20 bits per heavy atom. The van der Waals surface area contributed by atoms with Crippen molar-refractivity contribution in [1.82, 2.24) is 15.0 Å². The number of aromatic nitrogens is 3. The fourth-order valence-corrected chi connectivity index (χ4v) is 2.71. The number of aromatic amines is 1. The summed E-state index contributed by atoms with van der Waals surface area (Å²) in [5.41, 5.74) is 1.04. The highest BCUT2D eigenvalue weighted by molar-refractivity contribution is 7.18. The van der Waals surface area contributed by atoms with E-state index >= 15 is 0 Å². The Morgan fingerprint density at radius 1 is 1.35 bits per heavy atom. The average molecular weight is 325 g/mol. The van der Waals surface area contributed by atoms with Gasteiger partial charge in [0.25, 0.3) is 5.56 Å². The molecule has 0 aliphatic heterocycles. The summed E-state index contributed by atoms with van der Waals surface area (Å²) in [5.74, 6) is 0. The van der Waals surface area contributed by atoms with Crippen LogP contribution in [0.5, 0.6) is 0 Å². The standard InChI is InChI=1S/C12H6Cl2N4OS/c13-10-11(14)20-9(18-10)4-15-6-1-2-8-7(3-6)12(19)17-5-16-8/h1-5H,(H,16,17,19)/b15-4+. The van der Waals surface area contributed by atoms with Gasteiger partial charge in [0, 0.05) is 0 Å². The molecule has 0 aliphatic carbocycles. The molecule has 0 unspecified atom stereocenters. The van der Waals surface area contributed by atoms with Crippen LogP contribution >= 0.6 is 34.5 Å². The highest BCUT2D eigenvalue weighted by Crippen LogP contribution is 2.27. The first-order valence-electron chi connectivity index (χ1n) is 5.47. The zero-order chi connectivity index (χ0) is 14.1. The first kappa shape index (κ1) is 13.2. The van der Waals surface area contributed by atoms with E-state index in [2.05, 4.69) is 19.9 Å². The van der Waals surface area contributed by atoms with Crippen molar-refractivity contribution in [2.45, 2.75) is 0 Å². The van der Waals surface area contributed by atoms with Crippen molar-refractivity contribution in [3.05, 3.63) is 49.4 Å². The molecule has 3 aromatic rings. The van der Waals surface area contributed by atoms with Crippen LogP contribution in [0.4, 0.5) is 5.69 Å². The minimum absolute atomic E-state index is 0.201. The number of aliphatic imine (C=N–C) groups is 1. The molecule has 2 heterocycles. The summed E-state index contributed by atoms with van der Waals surface area (Å²) in [4.78, 5) is 26.5. The third kappa shape index (κ3) is 2.58. The van der Waals surface area contributed by atoms with E-state index in [4.69, 9.17) is 23.2 Å². The van der Waals surface area contributed by atoms with Crippen molar-refractivity contribution < 1.29 is 0 Å². The van der Waals surface area contributed by atoms with E-state index in [0.29, 0.717) is 25.9 Å². The molecule has 0 radical (unpaired) electrons. The second kappa shape index (κ2) is 5.32. The van der Waals surface area contributed by atoms with Gasteiger partial charge in [0.15, 0.2) is 5.15 Å². The number of hydrogen-bond donors (Lipinski definition) is 1. The summed E-state index contributed by atoms with van der Waals surface area (Å²) in [6.07, 6.45) is 2.92. The zero-order valence-corrected chi connectivity index (χ0v) is 12.1. The fourth-order valence-electron chi connectivity index (χ4n) is 1.62. The molecule has 0 spiro atoms. The lowest BCUT2D eigenvalue weighted by molar-refractivity contribution is 1.17. The van der Waals surface area contributed by atoms with Gasteiger partial charge in [-0.3, -0.25) is 9.79 Å². The quantitative estimate of drug-likeness (QED) is 0.734. The number of halogens is 2. The molecule has 0 saturated heterocycles. The van der Waals surface area contributed by atoms with Gasteiger partial charge in [-0.25, -0.2) is 9.97 Å². The van der Waals surface area contributed by atoms with Crippen LogP contribution in [0.15, 0.2) is 34.3 Å². The lowest BCUT2D eigenvalue weighted by atomic mass is 10.2. The van der Waals surface area contributed by atoms with E-state index < -0.39 is 0 Å². The van der Waals surface area contributed by atoms with Crippen LogP contribution in [0.1, 0.15) is 5.01 Å². The number of rotatable bonds is 2. The van der Waals surface area contributed by atoms with Crippen LogP contribution in [0.2, 0.25) is 9.49 Å². The maximum absolute atomic E-state index is 11.7. The third-order valence-electron chi connectivity index (χ3n) is 2.51. The fraction of sp³-hybridized carbons (Fsp3) is 0. The molecule has 0 atom stereocenters. The Balaban J connectivity index is 1.98. The van der Waals surface area contributed by atoms with Gasteiger partial charge in [0.1, 0.15) is 9.34 Å². The Kier molecular flexibility index (Phi) is 3.52. The SMILES string of the molecule is O=c1[nH]cnc2ccc(/N=C/c3nc(Cl)c(Cl)s3)cc12. The number of thiazole rings is 1. The van der Waals surface area contributed by atoms with E-state index in [9.17, 15) is 4.79 Å². The Bertz CT molecular complexity index is 852.